The fraction of sp³-hybridized carbons (Fsp3) is 0.429. The van der Waals surface area contributed by atoms with Gasteiger partial charge >= 0.3 is 0 Å². The number of hydrogen-bond donors (Lipinski definition) is 1. The third kappa shape index (κ3) is 4.76. The van der Waals surface area contributed by atoms with Crippen LogP contribution >= 0.6 is 0 Å². The van der Waals surface area contributed by atoms with Crippen molar-refractivity contribution in [1.82, 2.24) is 29.5 Å². The van der Waals surface area contributed by atoms with Gasteiger partial charge in [-0.05, 0) is 49.1 Å². The molecule has 9 nitrogen and oxygen atoms in total. The summed E-state index contributed by atoms with van der Waals surface area (Å²) < 4.78 is 7.50. The second-order valence-electron chi connectivity index (χ2n) is 9.79. The first-order chi connectivity index (χ1) is 17.6. The summed E-state index contributed by atoms with van der Waals surface area (Å²) in [6.07, 6.45) is 7.03. The Hall–Kier alpha value is -3.56. The number of pyridine rings is 2. The number of rotatable bonds is 4. The van der Waals surface area contributed by atoms with Crippen LogP contribution in [-0.2, 0) is 11.3 Å². The van der Waals surface area contributed by atoms with Crippen molar-refractivity contribution < 1.29 is 9.53 Å². The zero-order chi connectivity index (χ0) is 24.6. The molecule has 2 fully saturated rings. The fourth-order valence-corrected chi connectivity index (χ4v) is 5.46. The number of carbonyl (C=O) groups is 1. The van der Waals surface area contributed by atoms with E-state index in [2.05, 4.69) is 26.0 Å². The molecule has 9 heteroatoms. The van der Waals surface area contributed by atoms with Gasteiger partial charge in [-0.3, -0.25) is 24.2 Å². The number of hydrogen-bond acceptors (Lipinski definition) is 6. The van der Waals surface area contributed by atoms with Crippen molar-refractivity contribution in [2.75, 3.05) is 39.4 Å². The van der Waals surface area contributed by atoms with Crippen LogP contribution in [0.2, 0.25) is 0 Å². The second kappa shape index (κ2) is 10.4. The molecule has 2 aliphatic rings. The maximum Gasteiger partial charge on any atom is 0.259 e. The molecule has 194 valence electrons. The maximum atomic E-state index is 13.6. The van der Waals surface area contributed by atoms with E-state index in [0.717, 1.165) is 54.5 Å². The van der Waals surface area contributed by atoms with Crippen LogP contribution in [0.25, 0.3) is 21.8 Å². The Labute approximate surface area is 216 Å². The Morgan fingerprint density at radius 1 is 1.11 bits per heavy atom. The Morgan fingerprint density at radius 3 is 2.62 bits per heavy atom. The zero-order valence-electron chi connectivity index (χ0n) is 20.4. The van der Waals surface area contributed by atoms with Crippen LogP contribution in [0.3, 0.4) is 0 Å². The molecule has 0 aliphatic carbocycles. The number of fused-ring (bicyclic) bond motifs is 3. The summed E-state index contributed by atoms with van der Waals surface area (Å²) in [7, 11) is 0. The number of nitrogens with zero attached hydrogens (tertiary/aromatic N) is 5. The van der Waals surface area contributed by atoms with E-state index in [1.807, 2.05) is 40.9 Å². The Kier molecular flexibility index (Phi) is 7.08. The first-order valence-corrected chi connectivity index (χ1v) is 12.6. The van der Waals surface area contributed by atoms with Gasteiger partial charge in [0.25, 0.3) is 11.5 Å². The standard InChI is InChI=1S/C27H30N6O3.CH4/c1-18-13-24-22(25-23(26(34)30-24)16-29-33(25)20-4-11-36-12-5-20)14-21(18)27(35)32-9-7-31(8-10-32)17-19-3-2-6-28-15-19;/h2-3,6,13-16,20H,4-5,7-12,17H2,1H3,(H,30,34);1H4. The van der Waals surface area contributed by atoms with Crippen molar-refractivity contribution in [2.45, 2.75) is 39.8 Å². The Bertz CT molecular complexity index is 1460. The zero-order valence-corrected chi connectivity index (χ0v) is 20.4. The molecule has 0 spiro atoms. The van der Waals surface area contributed by atoms with Crippen molar-refractivity contribution in [3.8, 4) is 0 Å². The van der Waals surface area contributed by atoms with E-state index >= 15 is 0 Å². The number of carbonyl (C=O) groups excluding carboxylic acids is 1. The molecular formula is C28H34N6O3. The molecule has 1 N–H and O–H groups in total. The molecule has 0 atom stereocenters. The minimum atomic E-state index is -0.154. The number of nitrogens with one attached hydrogen (secondary N) is 1. The normalized spacial score (nSPS) is 17.3. The molecule has 3 aromatic heterocycles. The SMILES string of the molecule is C.Cc1cc2[nH]c(=O)c3cnn(C4CCOCC4)c3c2cc1C(=O)N1CCN(Cc2cccnc2)CC1. The number of piperazine rings is 1. The minimum absolute atomic E-state index is 0. The van der Waals surface area contributed by atoms with Crippen molar-refractivity contribution in [1.29, 1.82) is 0 Å². The van der Waals surface area contributed by atoms with Crippen LogP contribution in [0.1, 0.15) is 47.8 Å². The number of amides is 1. The number of H-pyrrole nitrogens is 1. The summed E-state index contributed by atoms with van der Waals surface area (Å²) in [6.45, 7) is 7.14. The third-order valence-electron chi connectivity index (χ3n) is 7.46. The predicted octanol–water partition coefficient (Wildman–Crippen LogP) is 3.53. The topological polar surface area (TPSA) is 96.3 Å². The fourth-order valence-electron chi connectivity index (χ4n) is 5.46. The quantitative estimate of drug-likeness (QED) is 0.459. The van der Waals surface area contributed by atoms with Gasteiger partial charge in [-0.2, -0.15) is 5.10 Å². The first kappa shape index (κ1) is 25.1. The van der Waals surface area contributed by atoms with Gasteiger partial charge in [0.05, 0.1) is 28.7 Å². The average Bonchev–Trinajstić information content (AvgIpc) is 3.36. The summed E-state index contributed by atoms with van der Waals surface area (Å²) in [5.41, 5.74) is 4.10. The van der Waals surface area contributed by atoms with Gasteiger partial charge in [-0.25, -0.2) is 0 Å². The lowest BCUT2D eigenvalue weighted by Crippen LogP contribution is -2.48. The molecule has 4 aromatic rings. The van der Waals surface area contributed by atoms with Crippen LogP contribution in [0.15, 0.2) is 47.7 Å². The lowest BCUT2D eigenvalue weighted by Gasteiger charge is -2.35. The minimum Gasteiger partial charge on any atom is -0.381 e. The summed E-state index contributed by atoms with van der Waals surface area (Å²) in [4.78, 5) is 37.9. The number of ether oxygens (including phenoxy) is 1. The maximum absolute atomic E-state index is 13.6. The summed E-state index contributed by atoms with van der Waals surface area (Å²) in [6, 6.07) is 8.08. The molecule has 1 amide bonds. The number of aromatic nitrogens is 4. The van der Waals surface area contributed by atoms with E-state index in [9.17, 15) is 9.59 Å². The molecule has 6 rings (SSSR count). The molecule has 2 aliphatic heterocycles. The van der Waals surface area contributed by atoms with Crippen molar-refractivity contribution in [2.24, 2.45) is 0 Å². The van der Waals surface area contributed by atoms with E-state index in [1.165, 1.54) is 5.56 Å². The van der Waals surface area contributed by atoms with Crippen LogP contribution in [-0.4, -0.2) is 74.8 Å². The van der Waals surface area contributed by atoms with Crippen LogP contribution in [0, 0.1) is 6.92 Å². The highest BCUT2D eigenvalue weighted by Gasteiger charge is 2.26. The van der Waals surface area contributed by atoms with Crippen molar-refractivity contribution >= 4 is 27.7 Å². The second-order valence-corrected chi connectivity index (χ2v) is 9.79. The molecule has 1 aromatic carbocycles. The van der Waals surface area contributed by atoms with Gasteiger partial charge in [-0.15, -0.1) is 0 Å². The van der Waals surface area contributed by atoms with E-state index < -0.39 is 0 Å². The van der Waals surface area contributed by atoms with Gasteiger partial charge in [0.2, 0.25) is 0 Å². The Morgan fingerprint density at radius 2 is 1.89 bits per heavy atom. The van der Waals surface area contributed by atoms with Gasteiger partial charge in [0, 0.05) is 69.3 Å². The molecule has 0 bridgehead atoms. The van der Waals surface area contributed by atoms with Crippen LogP contribution < -0.4 is 5.56 Å². The average molecular weight is 503 g/mol. The molecule has 0 radical (unpaired) electrons. The van der Waals surface area contributed by atoms with Gasteiger partial charge in [0.1, 0.15) is 0 Å². The smallest absolute Gasteiger partial charge is 0.259 e. The molecule has 0 saturated carbocycles. The number of benzene rings is 1. The lowest BCUT2D eigenvalue weighted by atomic mass is 10.0. The molecule has 5 heterocycles. The molecular weight excluding hydrogens is 468 g/mol. The molecule has 2 saturated heterocycles. The molecule has 0 unspecified atom stereocenters. The largest absolute Gasteiger partial charge is 0.381 e. The highest BCUT2D eigenvalue weighted by atomic mass is 16.5. The van der Waals surface area contributed by atoms with Gasteiger partial charge in [-0.1, -0.05) is 13.5 Å². The summed E-state index contributed by atoms with van der Waals surface area (Å²) in [5, 5.41) is 6.01. The van der Waals surface area contributed by atoms with E-state index in [1.54, 1.807) is 12.4 Å². The summed E-state index contributed by atoms with van der Waals surface area (Å²) >= 11 is 0. The van der Waals surface area contributed by atoms with E-state index in [4.69, 9.17) is 4.74 Å². The predicted molar refractivity (Wildman–Crippen MR) is 144 cm³/mol. The monoisotopic (exact) mass is 502 g/mol. The lowest BCUT2D eigenvalue weighted by molar-refractivity contribution is 0.0627. The highest BCUT2D eigenvalue weighted by molar-refractivity contribution is 6.07. The summed E-state index contributed by atoms with van der Waals surface area (Å²) in [5.74, 6) is 0.0342. The molecule has 37 heavy (non-hydrogen) atoms. The van der Waals surface area contributed by atoms with Crippen molar-refractivity contribution in [3.05, 3.63) is 69.9 Å². The van der Waals surface area contributed by atoms with Crippen LogP contribution in [0.5, 0.6) is 0 Å². The van der Waals surface area contributed by atoms with Gasteiger partial charge in [0.15, 0.2) is 0 Å². The highest BCUT2D eigenvalue weighted by Crippen LogP contribution is 2.30. The van der Waals surface area contributed by atoms with E-state index in [-0.39, 0.29) is 24.9 Å². The number of aryl methyl sites for hydroxylation is 1. The third-order valence-corrected chi connectivity index (χ3v) is 7.46. The van der Waals surface area contributed by atoms with Crippen LogP contribution in [0.4, 0.5) is 0 Å². The van der Waals surface area contributed by atoms with Gasteiger partial charge < -0.3 is 14.6 Å². The number of aromatic amines is 1. The van der Waals surface area contributed by atoms with Crippen molar-refractivity contribution in [3.63, 3.8) is 0 Å². The first-order valence-electron chi connectivity index (χ1n) is 12.6. The van der Waals surface area contributed by atoms with E-state index in [0.29, 0.717) is 37.3 Å². The Balaban J connectivity index is 0.00000280.